The number of amides is 1. The molecule has 1 aromatic heterocycles. The van der Waals surface area contributed by atoms with E-state index in [0.29, 0.717) is 12.5 Å². The first-order valence-electron chi connectivity index (χ1n) is 6.12. The second-order valence-corrected chi connectivity index (χ2v) is 5.63. The van der Waals surface area contributed by atoms with Crippen LogP contribution < -0.4 is 10.6 Å². The van der Waals surface area contributed by atoms with Gasteiger partial charge in [0.05, 0.1) is 18.3 Å². The summed E-state index contributed by atoms with van der Waals surface area (Å²) < 4.78 is 0. The standard InChI is InChI=1S/C12H19N3OS.ClH/c1-8(2)10-7-17-11(15-10)6-14-12(16)9-4-3-5-13-9;/h7-9,13H,3-6H2,1-2H3,(H,14,16);1H/t9-;/m0./s1. The Labute approximate surface area is 118 Å². The van der Waals surface area contributed by atoms with Crippen molar-refractivity contribution in [3.05, 3.63) is 16.1 Å². The molecule has 0 bridgehead atoms. The summed E-state index contributed by atoms with van der Waals surface area (Å²) >= 11 is 1.62. The van der Waals surface area contributed by atoms with Crippen LogP contribution in [-0.2, 0) is 11.3 Å². The lowest BCUT2D eigenvalue weighted by atomic mass is 10.2. The zero-order valence-electron chi connectivity index (χ0n) is 10.7. The van der Waals surface area contributed by atoms with Gasteiger partial charge in [0.1, 0.15) is 5.01 Å². The first-order chi connectivity index (χ1) is 8.16. The lowest BCUT2D eigenvalue weighted by Gasteiger charge is -2.09. The van der Waals surface area contributed by atoms with E-state index in [-0.39, 0.29) is 24.4 Å². The Kier molecular flexibility index (Phi) is 6.05. The normalized spacial score (nSPS) is 18.7. The minimum absolute atomic E-state index is 0. The number of hydrogen-bond donors (Lipinski definition) is 2. The number of carbonyl (C=O) groups excluding carboxylic acids is 1. The predicted octanol–water partition coefficient (Wildman–Crippen LogP) is 2.06. The molecular weight excluding hydrogens is 270 g/mol. The van der Waals surface area contributed by atoms with Crippen molar-refractivity contribution in [1.29, 1.82) is 0 Å². The van der Waals surface area contributed by atoms with E-state index in [2.05, 4.69) is 34.8 Å². The van der Waals surface area contributed by atoms with Gasteiger partial charge in [-0.3, -0.25) is 4.79 Å². The van der Waals surface area contributed by atoms with E-state index in [4.69, 9.17) is 0 Å². The number of hydrogen-bond acceptors (Lipinski definition) is 4. The topological polar surface area (TPSA) is 54.0 Å². The van der Waals surface area contributed by atoms with Crippen LogP contribution in [0.5, 0.6) is 0 Å². The van der Waals surface area contributed by atoms with E-state index in [1.807, 2.05) is 0 Å². The maximum Gasteiger partial charge on any atom is 0.237 e. The van der Waals surface area contributed by atoms with Crippen LogP contribution in [0.25, 0.3) is 0 Å². The quantitative estimate of drug-likeness (QED) is 0.892. The van der Waals surface area contributed by atoms with Crippen molar-refractivity contribution in [3.8, 4) is 0 Å². The van der Waals surface area contributed by atoms with Crippen molar-refractivity contribution in [2.24, 2.45) is 0 Å². The van der Waals surface area contributed by atoms with Gasteiger partial charge in [0.2, 0.25) is 5.91 Å². The predicted molar refractivity (Wildman–Crippen MR) is 76.3 cm³/mol. The minimum atomic E-state index is -0.000434. The molecule has 1 saturated heterocycles. The van der Waals surface area contributed by atoms with Crippen LogP contribution in [0.4, 0.5) is 0 Å². The van der Waals surface area contributed by atoms with Gasteiger partial charge < -0.3 is 10.6 Å². The van der Waals surface area contributed by atoms with Crippen molar-refractivity contribution in [2.75, 3.05) is 6.54 Å². The molecule has 102 valence electrons. The molecule has 2 N–H and O–H groups in total. The Morgan fingerprint density at radius 1 is 1.67 bits per heavy atom. The van der Waals surface area contributed by atoms with E-state index in [9.17, 15) is 4.79 Å². The molecule has 6 heteroatoms. The Bertz CT molecular complexity index is 388. The summed E-state index contributed by atoms with van der Waals surface area (Å²) in [5, 5.41) is 9.18. The van der Waals surface area contributed by atoms with Crippen molar-refractivity contribution >= 4 is 29.7 Å². The van der Waals surface area contributed by atoms with Gasteiger partial charge in [-0.25, -0.2) is 4.98 Å². The van der Waals surface area contributed by atoms with Crippen molar-refractivity contribution in [1.82, 2.24) is 15.6 Å². The van der Waals surface area contributed by atoms with Crippen molar-refractivity contribution in [3.63, 3.8) is 0 Å². The molecule has 4 nitrogen and oxygen atoms in total. The number of aromatic nitrogens is 1. The minimum Gasteiger partial charge on any atom is -0.348 e. The molecule has 2 heterocycles. The number of nitrogens with zero attached hydrogens (tertiary/aromatic N) is 1. The average molecular weight is 290 g/mol. The monoisotopic (exact) mass is 289 g/mol. The summed E-state index contributed by atoms with van der Waals surface area (Å²) in [6.07, 6.45) is 2.04. The average Bonchev–Trinajstić information content (AvgIpc) is 2.97. The highest BCUT2D eigenvalue weighted by Crippen LogP contribution is 2.17. The first-order valence-corrected chi connectivity index (χ1v) is 7.00. The van der Waals surface area contributed by atoms with Crippen LogP contribution >= 0.6 is 23.7 Å². The van der Waals surface area contributed by atoms with E-state index in [0.717, 1.165) is 30.1 Å². The van der Waals surface area contributed by atoms with Gasteiger partial charge in [-0.05, 0) is 25.3 Å². The van der Waals surface area contributed by atoms with Gasteiger partial charge in [0.15, 0.2) is 0 Å². The van der Waals surface area contributed by atoms with Gasteiger partial charge in [0, 0.05) is 5.38 Å². The second-order valence-electron chi connectivity index (χ2n) is 4.69. The van der Waals surface area contributed by atoms with Gasteiger partial charge in [0.25, 0.3) is 0 Å². The maximum absolute atomic E-state index is 11.8. The maximum atomic E-state index is 11.8. The van der Waals surface area contributed by atoms with Crippen LogP contribution in [0.3, 0.4) is 0 Å². The molecule has 0 aromatic carbocycles. The van der Waals surface area contributed by atoms with Gasteiger partial charge in [-0.15, -0.1) is 23.7 Å². The lowest BCUT2D eigenvalue weighted by molar-refractivity contribution is -0.122. The smallest absolute Gasteiger partial charge is 0.237 e. The van der Waals surface area contributed by atoms with Crippen molar-refractivity contribution < 1.29 is 4.79 Å². The molecule has 1 fully saturated rings. The molecule has 0 radical (unpaired) electrons. The Morgan fingerprint density at radius 3 is 3.00 bits per heavy atom. The van der Waals surface area contributed by atoms with Gasteiger partial charge >= 0.3 is 0 Å². The second kappa shape index (κ2) is 7.07. The molecule has 1 amide bonds. The summed E-state index contributed by atoms with van der Waals surface area (Å²) in [6.45, 7) is 5.75. The first kappa shape index (κ1) is 15.4. The van der Waals surface area contributed by atoms with Crippen LogP contribution in [0.1, 0.15) is 43.3 Å². The molecule has 18 heavy (non-hydrogen) atoms. The third kappa shape index (κ3) is 3.93. The van der Waals surface area contributed by atoms with E-state index < -0.39 is 0 Å². The van der Waals surface area contributed by atoms with Crippen LogP contribution in [-0.4, -0.2) is 23.5 Å². The van der Waals surface area contributed by atoms with Crippen LogP contribution in [0.15, 0.2) is 5.38 Å². The molecule has 0 spiro atoms. The molecular formula is C12H20ClN3OS. The van der Waals surface area contributed by atoms with E-state index in [1.54, 1.807) is 11.3 Å². The Hall–Kier alpha value is -0.650. The number of halogens is 1. The molecule has 1 aliphatic heterocycles. The fourth-order valence-electron chi connectivity index (χ4n) is 1.87. The third-order valence-corrected chi connectivity index (χ3v) is 3.82. The molecule has 0 unspecified atom stereocenters. The summed E-state index contributed by atoms with van der Waals surface area (Å²) in [4.78, 5) is 16.3. The van der Waals surface area contributed by atoms with Gasteiger partial charge in [-0.1, -0.05) is 13.8 Å². The van der Waals surface area contributed by atoms with E-state index in [1.165, 1.54) is 0 Å². The summed E-state index contributed by atoms with van der Waals surface area (Å²) in [7, 11) is 0. The van der Waals surface area contributed by atoms with E-state index >= 15 is 0 Å². The Morgan fingerprint density at radius 2 is 2.44 bits per heavy atom. The number of thiazole rings is 1. The van der Waals surface area contributed by atoms with Crippen LogP contribution in [0.2, 0.25) is 0 Å². The summed E-state index contributed by atoms with van der Waals surface area (Å²) in [5.41, 5.74) is 1.11. The lowest BCUT2D eigenvalue weighted by Crippen LogP contribution is -2.39. The summed E-state index contributed by atoms with van der Waals surface area (Å²) in [5.74, 6) is 0.552. The highest BCUT2D eigenvalue weighted by Gasteiger charge is 2.21. The fourth-order valence-corrected chi connectivity index (χ4v) is 2.76. The highest BCUT2D eigenvalue weighted by molar-refractivity contribution is 7.09. The Balaban J connectivity index is 0.00000162. The molecule has 1 aromatic rings. The molecule has 1 atom stereocenters. The molecule has 0 saturated carbocycles. The molecule has 0 aliphatic carbocycles. The summed E-state index contributed by atoms with van der Waals surface area (Å²) in [6, 6.07) is -0.000434. The highest BCUT2D eigenvalue weighted by atomic mass is 35.5. The number of carbonyl (C=O) groups is 1. The van der Waals surface area contributed by atoms with Gasteiger partial charge in [-0.2, -0.15) is 0 Å². The SMILES string of the molecule is CC(C)c1csc(CNC(=O)[C@@H]2CCCN2)n1.Cl. The molecule has 2 rings (SSSR count). The molecule has 1 aliphatic rings. The largest absolute Gasteiger partial charge is 0.348 e. The number of rotatable bonds is 4. The van der Waals surface area contributed by atoms with Crippen molar-refractivity contribution in [2.45, 2.75) is 45.2 Å². The van der Waals surface area contributed by atoms with Crippen LogP contribution in [0, 0.1) is 0 Å². The fraction of sp³-hybridized carbons (Fsp3) is 0.667. The number of nitrogens with one attached hydrogen (secondary N) is 2. The zero-order chi connectivity index (χ0) is 12.3. The third-order valence-electron chi connectivity index (χ3n) is 2.95. The zero-order valence-corrected chi connectivity index (χ0v) is 12.4.